The van der Waals surface area contributed by atoms with E-state index in [4.69, 9.17) is 16.3 Å². The normalized spacial score (nSPS) is 20.3. The number of nitrogens with one attached hydrogen (secondary N) is 1. The Hall–Kier alpha value is -2.37. The van der Waals surface area contributed by atoms with E-state index in [1.165, 1.54) is 5.56 Å². The van der Waals surface area contributed by atoms with Crippen molar-refractivity contribution in [2.75, 3.05) is 26.3 Å². The molecule has 6 heteroatoms. The average Bonchev–Trinajstić information content (AvgIpc) is 3.28. The molecule has 1 amide bonds. The topological polar surface area (TPSA) is 62.4 Å². The van der Waals surface area contributed by atoms with Crippen molar-refractivity contribution in [3.8, 4) is 0 Å². The Bertz CT molecular complexity index is 1080. The third-order valence-corrected chi connectivity index (χ3v) is 7.02. The van der Waals surface area contributed by atoms with Gasteiger partial charge in [0.2, 0.25) is 5.91 Å². The van der Waals surface area contributed by atoms with Gasteiger partial charge >= 0.3 is 0 Å². The molecule has 33 heavy (non-hydrogen) atoms. The molecule has 3 heterocycles. The minimum absolute atomic E-state index is 0.0630. The van der Waals surface area contributed by atoms with Crippen molar-refractivity contribution in [1.82, 2.24) is 9.88 Å². The Morgan fingerprint density at radius 3 is 2.42 bits per heavy atom. The van der Waals surface area contributed by atoms with Gasteiger partial charge in [0.15, 0.2) is 0 Å². The van der Waals surface area contributed by atoms with Crippen LogP contribution in [0.2, 0.25) is 5.02 Å². The van der Waals surface area contributed by atoms with E-state index >= 15 is 0 Å². The number of rotatable bonds is 4. The summed E-state index contributed by atoms with van der Waals surface area (Å²) in [5.41, 5.74) is 3.76. The highest BCUT2D eigenvalue weighted by molar-refractivity contribution is 6.30. The van der Waals surface area contributed by atoms with Crippen molar-refractivity contribution in [2.24, 2.45) is 11.8 Å². The number of nitrogens with zero attached hydrogens (tertiary/aromatic N) is 1. The van der Waals surface area contributed by atoms with Gasteiger partial charge in [-0.3, -0.25) is 9.59 Å². The third-order valence-electron chi connectivity index (χ3n) is 6.72. The fourth-order valence-corrected chi connectivity index (χ4v) is 4.78. The summed E-state index contributed by atoms with van der Waals surface area (Å²) in [4.78, 5) is 30.1. The number of hydrogen-bond donors (Lipinski definition) is 1. The van der Waals surface area contributed by atoms with E-state index in [9.17, 15) is 9.59 Å². The van der Waals surface area contributed by atoms with Gasteiger partial charge in [-0.2, -0.15) is 0 Å². The summed E-state index contributed by atoms with van der Waals surface area (Å²) < 4.78 is 5.41. The minimum Gasteiger partial charge on any atom is -0.381 e. The third kappa shape index (κ3) is 5.59. The van der Waals surface area contributed by atoms with Gasteiger partial charge in [0.05, 0.1) is 0 Å². The lowest BCUT2D eigenvalue weighted by atomic mass is 9.85. The van der Waals surface area contributed by atoms with E-state index in [2.05, 4.69) is 56.1 Å². The molecule has 2 fully saturated rings. The number of likely N-dealkylation sites (tertiary alicyclic amines) is 1. The van der Waals surface area contributed by atoms with Crippen LogP contribution in [0.5, 0.6) is 0 Å². The molecule has 0 saturated carbocycles. The zero-order valence-electron chi connectivity index (χ0n) is 19.7. The number of hydrogen-bond acceptors (Lipinski definition) is 3. The fraction of sp³-hybridized carbons (Fsp3) is 0.481. The molecule has 5 nitrogen and oxygen atoms in total. The Balaban J connectivity index is 1.61. The predicted octanol–water partition coefficient (Wildman–Crippen LogP) is 5.03. The first-order chi connectivity index (χ1) is 15.7. The summed E-state index contributed by atoms with van der Waals surface area (Å²) in [7, 11) is 0. The summed E-state index contributed by atoms with van der Waals surface area (Å²) in [6.07, 6.45) is 4.75. The van der Waals surface area contributed by atoms with Crippen LogP contribution in [0.15, 0.2) is 47.3 Å². The first-order valence-corrected chi connectivity index (χ1v) is 12.2. The summed E-state index contributed by atoms with van der Waals surface area (Å²) in [6, 6.07) is 12.0. The van der Waals surface area contributed by atoms with Gasteiger partial charge in [-0.05, 0) is 53.9 Å². The smallest absolute Gasteiger partial charge is 0.267 e. The number of pyridine rings is 1. The van der Waals surface area contributed by atoms with Crippen LogP contribution in [0, 0.1) is 11.8 Å². The van der Waals surface area contributed by atoms with Crippen molar-refractivity contribution in [1.29, 1.82) is 0 Å². The fourth-order valence-electron chi connectivity index (χ4n) is 4.67. The number of aromatic nitrogens is 1. The largest absolute Gasteiger partial charge is 0.381 e. The summed E-state index contributed by atoms with van der Waals surface area (Å²) in [5.74, 6) is 0.564. The van der Waals surface area contributed by atoms with Crippen molar-refractivity contribution < 1.29 is 9.53 Å². The summed E-state index contributed by atoms with van der Waals surface area (Å²) in [6.45, 7) is 9.40. The molecule has 0 bridgehead atoms. The summed E-state index contributed by atoms with van der Waals surface area (Å²) in [5, 5.41) is 0.176. The van der Waals surface area contributed by atoms with Gasteiger partial charge in [0, 0.05) is 43.5 Å². The van der Waals surface area contributed by atoms with Gasteiger partial charge in [0.25, 0.3) is 5.56 Å². The Labute approximate surface area is 200 Å². The van der Waals surface area contributed by atoms with E-state index in [1.807, 2.05) is 11.0 Å². The van der Waals surface area contributed by atoms with Crippen molar-refractivity contribution in [3.05, 3.63) is 74.7 Å². The summed E-state index contributed by atoms with van der Waals surface area (Å²) >= 11 is 5.98. The molecule has 0 radical (unpaired) electrons. The lowest BCUT2D eigenvalue weighted by molar-refractivity contribution is -0.137. The second kappa shape index (κ2) is 9.86. The van der Waals surface area contributed by atoms with Gasteiger partial charge in [-0.25, -0.2) is 0 Å². The maximum atomic E-state index is 13.0. The van der Waals surface area contributed by atoms with Gasteiger partial charge in [-0.1, -0.05) is 62.7 Å². The SMILES string of the molecule is CC(C)(C)c1ccc(C(=C[C@H]2CCN(C(=O)C3CCOCC3)C2)c2ccc(Cl)c(=O)[nH]2)cc1. The van der Waals surface area contributed by atoms with Crippen LogP contribution in [-0.4, -0.2) is 42.1 Å². The molecule has 1 aromatic carbocycles. The lowest BCUT2D eigenvalue weighted by Crippen LogP contribution is -2.37. The quantitative estimate of drug-likeness (QED) is 0.684. The van der Waals surface area contributed by atoms with Crippen LogP contribution in [0.3, 0.4) is 0 Å². The van der Waals surface area contributed by atoms with Crippen LogP contribution in [0.25, 0.3) is 5.57 Å². The van der Waals surface area contributed by atoms with Crippen molar-refractivity contribution in [3.63, 3.8) is 0 Å². The number of benzene rings is 1. The average molecular weight is 469 g/mol. The molecule has 0 unspecified atom stereocenters. The first kappa shape index (κ1) is 23.8. The standard InChI is InChI=1S/C27H33ClN2O3/c1-27(2,3)21-6-4-19(5-7-21)22(24-9-8-23(28)25(31)29-24)16-18-10-13-30(17-18)26(32)20-11-14-33-15-12-20/h4-9,16,18,20H,10-15,17H2,1-3H3,(H,29,31)/t18-/m1/s1. The zero-order valence-corrected chi connectivity index (χ0v) is 20.5. The molecule has 2 aliphatic heterocycles. The number of H-pyrrole nitrogens is 1. The first-order valence-electron chi connectivity index (χ1n) is 11.8. The van der Waals surface area contributed by atoms with Crippen molar-refractivity contribution >= 4 is 23.1 Å². The van der Waals surface area contributed by atoms with E-state index < -0.39 is 0 Å². The highest BCUT2D eigenvalue weighted by Gasteiger charge is 2.31. The molecule has 0 spiro atoms. The molecular formula is C27H33ClN2O3. The van der Waals surface area contributed by atoms with E-state index in [1.54, 1.807) is 6.07 Å². The molecule has 2 saturated heterocycles. The molecule has 1 N–H and O–H groups in total. The molecule has 2 aromatic rings. The monoisotopic (exact) mass is 468 g/mol. The maximum absolute atomic E-state index is 13.0. The number of carbonyl (C=O) groups is 1. The Morgan fingerprint density at radius 2 is 1.79 bits per heavy atom. The van der Waals surface area contributed by atoms with Crippen LogP contribution in [-0.2, 0) is 14.9 Å². The van der Waals surface area contributed by atoms with Crippen LogP contribution >= 0.6 is 11.6 Å². The van der Waals surface area contributed by atoms with E-state index in [0.717, 1.165) is 42.6 Å². The maximum Gasteiger partial charge on any atom is 0.267 e. The van der Waals surface area contributed by atoms with Crippen LogP contribution in [0.1, 0.15) is 56.9 Å². The molecular weight excluding hydrogens is 436 g/mol. The highest BCUT2D eigenvalue weighted by Crippen LogP contribution is 2.31. The Kier molecular flexibility index (Phi) is 7.10. The van der Waals surface area contributed by atoms with Crippen molar-refractivity contribution in [2.45, 2.75) is 45.4 Å². The lowest BCUT2D eigenvalue weighted by Gasteiger charge is -2.26. The van der Waals surface area contributed by atoms with Crippen LogP contribution in [0.4, 0.5) is 0 Å². The molecule has 1 atom stereocenters. The molecule has 176 valence electrons. The van der Waals surface area contributed by atoms with E-state index in [-0.39, 0.29) is 33.7 Å². The molecule has 0 aliphatic carbocycles. The number of aromatic amines is 1. The number of ether oxygens (including phenoxy) is 1. The molecule has 1 aromatic heterocycles. The van der Waals surface area contributed by atoms with Crippen LogP contribution < -0.4 is 5.56 Å². The number of carbonyl (C=O) groups excluding carboxylic acids is 1. The van der Waals surface area contributed by atoms with Gasteiger partial charge < -0.3 is 14.6 Å². The van der Waals surface area contributed by atoms with E-state index in [0.29, 0.717) is 19.8 Å². The Morgan fingerprint density at radius 1 is 1.09 bits per heavy atom. The minimum atomic E-state index is -0.297. The molecule has 4 rings (SSSR count). The second-order valence-electron chi connectivity index (χ2n) is 10.2. The molecule has 2 aliphatic rings. The van der Waals surface area contributed by atoms with Gasteiger partial charge in [-0.15, -0.1) is 0 Å². The van der Waals surface area contributed by atoms with Gasteiger partial charge in [0.1, 0.15) is 5.02 Å². The number of amides is 1. The highest BCUT2D eigenvalue weighted by atomic mass is 35.5. The predicted molar refractivity (Wildman–Crippen MR) is 133 cm³/mol. The second-order valence-corrected chi connectivity index (χ2v) is 10.6. The number of halogens is 1. The zero-order chi connectivity index (χ0) is 23.6.